The molecular weight excluding hydrogens is 306 g/mol. The Morgan fingerprint density at radius 2 is 2.21 bits per heavy atom. The molecular formula is C17H31N5O2. The highest BCUT2D eigenvalue weighted by molar-refractivity contribution is 5.74. The molecule has 2 rings (SSSR count). The summed E-state index contributed by atoms with van der Waals surface area (Å²) < 4.78 is 1.89. The van der Waals surface area contributed by atoms with E-state index in [9.17, 15) is 4.79 Å². The number of hydrogen-bond acceptors (Lipinski definition) is 4. The number of amides is 2. The Kier molecular flexibility index (Phi) is 7.52. The van der Waals surface area contributed by atoms with E-state index in [4.69, 9.17) is 5.11 Å². The lowest BCUT2D eigenvalue weighted by atomic mass is 10.0. The zero-order valence-corrected chi connectivity index (χ0v) is 14.9. The van der Waals surface area contributed by atoms with Gasteiger partial charge in [-0.3, -0.25) is 4.68 Å². The number of nitrogens with zero attached hydrogens (tertiary/aromatic N) is 4. The molecule has 1 aliphatic heterocycles. The number of aliphatic hydroxyl groups is 1. The van der Waals surface area contributed by atoms with Crippen LogP contribution in [0, 0.1) is 5.92 Å². The van der Waals surface area contributed by atoms with Crippen LogP contribution in [0.2, 0.25) is 0 Å². The van der Waals surface area contributed by atoms with Crippen LogP contribution in [0.5, 0.6) is 0 Å². The van der Waals surface area contributed by atoms with Crippen molar-refractivity contribution in [2.75, 3.05) is 39.8 Å². The molecule has 7 heteroatoms. The first-order valence-corrected chi connectivity index (χ1v) is 8.91. The molecule has 2 heterocycles. The van der Waals surface area contributed by atoms with Gasteiger partial charge in [0, 0.05) is 57.8 Å². The summed E-state index contributed by atoms with van der Waals surface area (Å²) in [6, 6.07) is 2.46. The number of aliphatic hydroxyl groups excluding tert-OH is 1. The third kappa shape index (κ3) is 5.79. The first-order valence-electron chi connectivity index (χ1n) is 8.91. The summed E-state index contributed by atoms with van der Waals surface area (Å²) >= 11 is 0. The Morgan fingerprint density at radius 3 is 2.83 bits per heavy atom. The summed E-state index contributed by atoms with van der Waals surface area (Å²) in [4.78, 5) is 16.5. The fourth-order valence-electron chi connectivity index (χ4n) is 3.18. The van der Waals surface area contributed by atoms with Crippen molar-refractivity contribution in [1.82, 2.24) is 24.9 Å². The van der Waals surface area contributed by atoms with Crippen molar-refractivity contribution in [1.29, 1.82) is 0 Å². The van der Waals surface area contributed by atoms with Crippen molar-refractivity contribution >= 4 is 6.03 Å². The second kappa shape index (κ2) is 9.64. The normalized spacial score (nSPS) is 17.2. The lowest BCUT2D eigenvalue weighted by Crippen LogP contribution is -2.49. The van der Waals surface area contributed by atoms with Gasteiger partial charge in [-0.05, 0) is 38.3 Å². The number of urea groups is 1. The number of piperidine rings is 1. The molecule has 1 aromatic heterocycles. The average molecular weight is 337 g/mol. The average Bonchev–Trinajstić information content (AvgIpc) is 3.10. The van der Waals surface area contributed by atoms with Crippen LogP contribution in [0.4, 0.5) is 4.79 Å². The lowest BCUT2D eigenvalue weighted by molar-refractivity contribution is 0.128. The first-order chi connectivity index (χ1) is 11.6. The number of rotatable bonds is 8. The number of carbonyl (C=O) groups is 1. The zero-order valence-electron chi connectivity index (χ0n) is 14.9. The SMILES string of the molecule is C[C@H](CNC(=O)N1CCC(N(C)CCCO)CC1)Cn1cccn1. The molecule has 7 nitrogen and oxygen atoms in total. The molecule has 0 saturated carbocycles. The van der Waals surface area contributed by atoms with Gasteiger partial charge in [0.05, 0.1) is 0 Å². The maximum Gasteiger partial charge on any atom is 0.317 e. The molecule has 24 heavy (non-hydrogen) atoms. The molecule has 2 N–H and O–H groups in total. The molecule has 1 saturated heterocycles. The quantitative estimate of drug-likeness (QED) is 0.742. The molecule has 0 aromatic carbocycles. The minimum atomic E-state index is 0.0405. The monoisotopic (exact) mass is 337 g/mol. The Bertz CT molecular complexity index is 471. The predicted molar refractivity (Wildman–Crippen MR) is 93.7 cm³/mol. The Morgan fingerprint density at radius 1 is 1.46 bits per heavy atom. The zero-order chi connectivity index (χ0) is 17.4. The summed E-state index contributed by atoms with van der Waals surface area (Å²) in [7, 11) is 2.10. The highest BCUT2D eigenvalue weighted by Gasteiger charge is 2.25. The van der Waals surface area contributed by atoms with Crippen molar-refractivity contribution in [3.63, 3.8) is 0 Å². The molecule has 1 atom stereocenters. The topological polar surface area (TPSA) is 73.6 Å². The van der Waals surface area contributed by atoms with Crippen molar-refractivity contribution in [2.24, 2.45) is 5.92 Å². The summed E-state index contributed by atoms with van der Waals surface area (Å²) in [6.45, 7) is 6.34. The smallest absolute Gasteiger partial charge is 0.317 e. The first kappa shape index (κ1) is 18.7. The number of carbonyl (C=O) groups excluding carboxylic acids is 1. The van der Waals surface area contributed by atoms with Gasteiger partial charge in [0.2, 0.25) is 0 Å². The molecule has 1 aromatic rings. The van der Waals surface area contributed by atoms with Gasteiger partial charge in [-0.25, -0.2) is 4.79 Å². The van der Waals surface area contributed by atoms with Crippen molar-refractivity contribution < 1.29 is 9.90 Å². The highest BCUT2D eigenvalue weighted by Crippen LogP contribution is 2.15. The van der Waals surface area contributed by atoms with E-state index in [0.717, 1.165) is 45.4 Å². The molecule has 2 amide bonds. The number of likely N-dealkylation sites (tertiary alicyclic amines) is 1. The Balaban J connectivity index is 1.65. The van der Waals surface area contributed by atoms with Crippen LogP contribution in [0.3, 0.4) is 0 Å². The molecule has 0 aliphatic carbocycles. The Hall–Kier alpha value is -1.60. The molecule has 0 spiro atoms. The third-order valence-corrected chi connectivity index (χ3v) is 4.70. The number of aromatic nitrogens is 2. The van der Waals surface area contributed by atoms with E-state index in [1.54, 1.807) is 6.20 Å². The van der Waals surface area contributed by atoms with Crippen LogP contribution < -0.4 is 5.32 Å². The fourth-order valence-corrected chi connectivity index (χ4v) is 3.18. The van der Waals surface area contributed by atoms with Gasteiger partial charge in [-0.2, -0.15) is 5.10 Å². The number of hydrogen-bond donors (Lipinski definition) is 2. The van der Waals surface area contributed by atoms with Gasteiger partial charge in [0.15, 0.2) is 0 Å². The van der Waals surface area contributed by atoms with E-state index in [2.05, 4.69) is 29.3 Å². The van der Waals surface area contributed by atoms with Gasteiger partial charge < -0.3 is 20.2 Å². The van der Waals surface area contributed by atoms with Crippen LogP contribution in [0.15, 0.2) is 18.5 Å². The molecule has 1 fully saturated rings. The molecule has 136 valence electrons. The largest absolute Gasteiger partial charge is 0.396 e. The van der Waals surface area contributed by atoms with Crippen LogP contribution in [0.1, 0.15) is 26.2 Å². The highest BCUT2D eigenvalue weighted by atomic mass is 16.3. The molecule has 0 radical (unpaired) electrons. The van der Waals surface area contributed by atoms with Crippen LogP contribution in [0.25, 0.3) is 0 Å². The van der Waals surface area contributed by atoms with E-state index in [0.29, 0.717) is 18.5 Å². The molecule has 0 unspecified atom stereocenters. The minimum Gasteiger partial charge on any atom is -0.396 e. The summed E-state index contributed by atoms with van der Waals surface area (Å²) in [5.41, 5.74) is 0. The van der Waals surface area contributed by atoms with E-state index < -0.39 is 0 Å². The predicted octanol–water partition coefficient (Wildman–Crippen LogP) is 1.01. The van der Waals surface area contributed by atoms with Crippen LogP contribution in [-0.4, -0.2) is 76.6 Å². The van der Waals surface area contributed by atoms with Gasteiger partial charge in [0.1, 0.15) is 0 Å². The van der Waals surface area contributed by atoms with Gasteiger partial charge in [0.25, 0.3) is 0 Å². The summed E-state index contributed by atoms with van der Waals surface area (Å²) in [5, 5.41) is 16.2. The summed E-state index contributed by atoms with van der Waals surface area (Å²) in [6.07, 6.45) is 6.52. The van der Waals surface area contributed by atoms with Crippen molar-refractivity contribution in [2.45, 2.75) is 38.8 Å². The third-order valence-electron chi connectivity index (χ3n) is 4.70. The standard InChI is InChI=1S/C17H31N5O2/c1-15(14-22-9-3-7-19-22)13-18-17(24)21-10-5-16(6-11-21)20(2)8-4-12-23/h3,7,9,15-16,23H,4-6,8,10-14H2,1-2H3,(H,18,24)/t15-/m1/s1. The summed E-state index contributed by atoms with van der Waals surface area (Å²) in [5.74, 6) is 0.344. The van der Waals surface area contributed by atoms with E-state index in [1.165, 1.54) is 0 Å². The van der Waals surface area contributed by atoms with Crippen molar-refractivity contribution in [3.8, 4) is 0 Å². The van der Waals surface area contributed by atoms with Crippen LogP contribution in [-0.2, 0) is 6.54 Å². The van der Waals surface area contributed by atoms with E-state index in [-0.39, 0.29) is 12.6 Å². The maximum absolute atomic E-state index is 12.3. The second-order valence-electron chi connectivity index (χ2n) is 6.80. The minimum absolute atomic E-state index is 0.0405. The second-order valence-corrected chi connectivity index (χ2v) is 6.80. The van der Waals surface area contributed by atoms with Crippen molar-refractivity contribution in [3.05, 3.63) is 18.5 Å². The van der Waals surface area contributed by atoms with Gasteiger partial charge >= 0.3 is 6.03 Å². The fraction of sp³-hybridized carbons (Fsp3) is 0.765. The van der Waals surface area contributed by atoms with Crippen LogP contribution >= 0.6 is 0 Å². The van der Waals surface area contributed by atoms with E-state index in [1.807, 2.05) is 21.8 Å². The maximum atomic E-state index is 12.3. The number of nitrogens with one attached hydrogen (secondary N) is 1. The Labute approximate surface area is 144 Å². The van der Waals surface area contributed by atoms with Gasteiger partial charge in [-0.15, -0.1) is 0 Å². The van der Waals surface area contributed by atoms with E-state index >= 15 is 0 Å². The lowest BCUT2D eigenvalue weighted by Gasteiger charge is -2.36. The molecule has 1 aliphatic rings. The molecule has 0 bridgehead atoms. The van der Waals surface area contributed by atoms with Gasteiger partial charge in [-0.1, -0.05) is 6.92 Å².